The third kappa shape index (κ3) is 5.37. The molecule has 36 heavy (non-hydrogen) atoms. The van der Waals surface area contributed by atoms with Gasteiger partial charge in [0.2, 0.25) is 0 Å². The van der Waals surface area contributed by atoms with E-state index in [2.05, 4.69) is 23.8 Å². The van der Waals surface area contributed by atoms with Gasteiger partial charge in [-0.25, -0.2) is 0 Å². The highest BCUT2D eigenvalue weighted by atomic mass is 19.4. The van der Waals surface area contributed by atoms with Crippen molar-refractivity contribution >= 4 is 10.9 Å². The molecule has 0 aliphatic rings. The van der Waals surface area contributed by atoms with Crippen LogP contribution in [0.2, 0.25) is 0 Å². The van der Waals surface area contributed by atoms with Gasteiger partial charge in [-0.05, 0) is 60.5 Å². The molecule has 1 N–H and O–H groups in total. The minimum atomic E-state index is -4.40. The molecule has 4 rings (SSSR count). The lowest BCUT2D eigenvalue weighted by Gasteiger charge is -2.28. The van der Waals surface area contributed by atoms with Crippen molar-refractivity contribution in [1.82, 2.24) is 19.2 Å². The minimum Gasteiger partial charge on any atom is -0.395 e. The number of fused-ring (bicyclic) bond motifs is 1. The summed E-state index contributed by atoms with van der Waals surface area (Å²) < 4.78 is 41.9. The lowest BCUT2D eigenvalue weighted by Crippen LogP contribution is -2.39. The van der Waals surface area contributed by atoms with Crippen LogP contribution < -0.4 is 5.56 Å². The van der Waals surface area contributed by atoms with E-state index in [0.29, 0.717) is 23.4 Å². The Balaban J connectivity index is 1.54. The molecule has 0 aliphatic carbocycles. The molecular weight excluding hydrogens is 469 g/mol. The number of benzene rings is 2. The number of pyridine rings is 1. The third-order valence-corrected chi connectivity index (χ3v) is 6.57. The summed E-state index contributed by atoms with van der Waals surface area (Å²) in [5.74, 6) is 0. The van der Waals surface area contributed by atoms with Crippen LogP contribution in [0.25, 0.3) is 27.7 Å². The molecule has 0 bridgehead atoms. The Bertz CT molecular complexity index is 1370. The Kier molecular flexibility index (Phi) is 7.61. The molecule has 0 unspecified atom stereocenters. The fourth-order valence-electron chi connectivity index (χ4n) is 4.45. The van der Waals surface area contributed by atoms with Crippen LogP contribution in [0.5, 0.6) is 0 Å². The van der Waals surface area contributed by atoms with E-state index in [4.69, 9.17) is 0 Å². The number of aromatic nitrogens is 3. The summed E-state index contributed by atoms with van der Waals surface area (Å²) in [4.78, 5) is 15.1. The molecule has 0 fully saturated rings. The topological polar surface area (TPSA) is 63.3 Å². The van der Waals surface area contributed by atoms with Crippen molar-refractivity contribution in [3.8, 4) is 16.8 Å². The first-order valence-corrected chi connectivity index (χ1v) is 12.0. The van der Waals surface area contributed by atoms with E-state index in [1.54, 1.807) is 18.5 Å². The van der Waals surface area contributed by atoms with Gasteiger partial charge in [-0.3, -0.25) is 18.9 Å². The van der Waals surface area contributed by atoms with Crippen LogP contribution in [0.3, 0.4) is 0 Å². The Hall–Kier alpha value is -3.43. The molecule has 6 nitrogen and oxygen atoms in total. The largest absolute Gasteiger partial charge is 0.416 e. The van der Waals surface area contributed by atoms with E-state index in [9.17, 15) is 23.1 Å². The van der Waals surface area contributed by atoms with E-state index in [0.717, 1.165) is 42.5 Å². The van der Waals surface area contributed by atoms with Crippen LogP contribution in [0.15, 0.2) is 71.8 Å². The van der Waals surface area contributed by atoms with E-state index in [1.807, 2.05) is 22.9 Å². The molecule has 0 aliphatic heterocycles. The summed E-state index contributed by atoms with van der Waals surface area (Å²) in [7, 11) is 0. The maximum Gasteiger partial charge on any atom is 0.416 e. The summed E-state index contributed by atoms with van der Waals surface area (Å²) in [5, 5.41) is 15.0. The van der Waals surface area contributed by atoms with Gasteiger partial charge in [0.1, 0.15) is 0 Å². The van der Waals surface area contributed by atoms with Gasteiger partial charge in [0.15, 0.2) is 0 Å². The van der Waals surface area contributed by atoms with Crippen LogP contribution >= 0.6 is 0 Å². The van der Waals surface area contributed by atoms with Crippen molar-refractivity contribution in [3.63, 3.8) is 0 Å². The molecule has 0 saturated carbocycles. The number of aliphatic hydroxyl groups excluding tert-OH is 1. The van der Waals surface area contributed by atoms with Crippen molar-refractivity contribution < 1.29 is 18.3 Å². The highest BCUT2D eigenvalue weighted by Gasteiger charge is 2.30. The van der Waals surface area contributed by atoms with Gasteiger partial charge >= 0.3 is 6.18 Å². The molecule has 190 valence electrons. The summed E-state index contributed by atoms with van der Waals surface area (Å²) in [6.07, 6.45) is -0.138. The molecule has 2 aromatic carbocycles. The van der Waals surface area contributed by atoms with E-state index >= 15 is 0 Å². The first kappa shape index (κ1) is 25.7. The molecule has 0 radical (unpaired) electrons. The van der Waals surface area contributed by atoms with Gasteiger partial charge in [-0.2, -0.15) is 18.3 Å². The molecular formula is C27H29F3N4O2. The quantitative estimate of drug-likeness (QED) is 0.354. The van der Waals surface area contributed by atoms with Gasteiger partial charge in [-0.15, -0.1) is 0 Å². The second-order valence-electron chi connectivity index (χ2n) is 8.68. The fourth-order valence-corrected chi connectivity index (χ4v) is 4.45. The number of nitrogens with zero attached hydrogens (tertiary/aromatic N) is 4. The standard InChI is InChI=1S/C27H29F3N4O2/c1-3-23(18-35)32(4-2)13-14-34-25-10-9-24(15-21(25)17-31-34)33-12-11-20(16-26(33)36)19-5-7-22(8-6-19)27(28,29)30/h5-12,15-17,23,35H,3-4,13-14,18H2,1-2H3/t23-/m0/s1. The summed E-state index contributed by atoms with van der Waals surface area (Å²) >= 11 is 0. The lowest BCUT2D eigenvalue weighted by molar-refractivity contribution is -0.137. The van der Waals surface area contributed by atoms with Gasteiger partial charge in [-0.1, -0.05) is 26.0 Å². The molecule has 2 aromatic heterocycles. The van der Waals surface area contributed by atoms with Crippen LogP contribution in [-0.2, 0) is 12.7 Å². The molecule has 1 atom stereocenters. The van der Waals surface area contributed by atoms with Crippen molar-refractivity contribution in [2.45, 2.75) is 39.0 Å². The average Bonchev–Trinajstić information content (AvgIpc) is 3.28. The zero-order valence-corrected chi connectivity index (χ0v) is 20.2. The van der Waals surface area contributed by atoms with E-state index < -0.39 is 11.7 Å². The minimum absolute atomic E-state index is 0.125. The van der Waals surface area contributed by atoms with Crippen LogP contribution in [-0.4, -0.2) is 50.1 Å². The maximum atomic E-state index is 12.8. The van der Waals surface area contributed by atoms with Gasteiger partial charge in [0, 0.05) is 35.9 Å². The molecule has 0 amide bonds. The third-order valence-electron chi connectivity index (χ3n) is 6.57. The first-order valence-electron chi connectivity index (χ1n) is 12.0. The fraction of sp³-hybridized carbons (Fsp3) is 0.333. The number of hydrogen-bond acceptors (Lipinski definition) is 4. The SMILES string of the molecule is CC[C@@H](CO)N(CC)CCn1ncc2cc(-n3ccc(-c4ccc(C(F)(F)F)cc4)cc3=O)ccc21. The summed E-state index contributed by atoms with van der Waals surface area (Å²) in [5.41, 5.74) is 1.69. The Morgan fingerprint density at radius 1 is 1.03 bits per heavy atom. The van der Waals surface area contributed by atoms with Crippen molar-refractivity contribution in [2.24, 2.45) is 0 Å². The number of halogens is 3. The Labute approximate surface area is 207 Å². The van der Waals surface area contributed by atoms with Gasteiger partial charge in [0.05, 0.1) is 30.4 Å². The zero-order chi connectivity index (χ0) is 25.9. The first-order chi connectivity index (χ1) is 17.2. The van der Waals surface area contributed by atoms with E-state index in [1.165, 1.54) is 22.8 Å². The molecule has 9 heteroatoms. The second-order valence-corrected chi connectivity index (χ2v) is 8.68. The molecule has 4 aromatic rings. The predicted octanol–water partition coefficient (Wildman–Crippen LogP) is 4.97. The van der Waals surface area contributed by atoms with Gasteiger partial charge in [0.25, 0.3) is 5.56 Å². The predicted molar refractivity (Wildman–Crippen MR) is 134 cm³/mol. The highest BCUT2D eigenvalue weighted by molar-refractivity contribution is 5.81. The van der Waals surface area contributed by atoms with Crippen molar-refractivity contribution in [2.75, 3.05) is 19.7 Å². The number of aliphatic hydroxyl groups is 1. The smallest absolute Gasteiger partial charge is 0.395 e. The highest BCUT2D eigenvalue weighted by Crippen LogP contribution is 2.30. The molecule has 0 saturated heterocycles. The normalized spacial score (nSPS) is 13.0. The van der Waals surface area contributed by atoms with Crippen LogP contribution in [0.1, 0.15) is 25.8 Å². The van der Waals surface area contributed by atoms with Crippen LogP contribution in [0.4, 0.5) is 13.2 Å². The Morgan fingerprint density at radius 3 is 2.39 bits per heavy atom. The number of hydrogen-bond donors (Lipinski definition) is 1. The lowest BCUT2D eigenvalue weighted by atomic mass is 10.0. The van der Waals surface area contributed by atoms with E-state index in [-0.39, 0.29) is 18.2 Å². The molecule has 2 heterocycles. The van der Waals surface area contributed by atoms with Crippen LogP contribution in [0, 0.1) is 0 Å². The number of likely N-dealkylation sites (N-methyl/N-ethyl adjacent to an activating group) is 1. The average molecular weight is 499 g/mol. The number of rotatable bonds is 9. The summed E-state index contributed by atoms with van der Waals surface area (Å²) in [6.45, 7) is 6.54. The van der Waals surface area contributed by atoms with Gasteiger partial charge < -0.3 is 5.11 Å². The maximum absolute atomic E-state index is 12.8. The Morgan fingerprint density at radius 2 is 1.78 bits per heavy atom. The monoisotopic (exact) mass is 498 g/mol. The molecule has 0 spiro atoms. The zero-order valence-electron chi connectivity index (χ0n) is 20.2. The second kappa shape index (κ2) is 10.7. The number of alkyl halides is 3. The van der Waals surface area contributed by atoms with Crippen molar-refractivity contribution in [1.29, 1.82) is 0 Å². The van der Waals surface area contributed by atoms with Crippen molar-refractivity contribution in [3.05, 3.63) is 82.9 Å². The summed E-state index contributed by atoms with van der Waals surface area (Å²) in [6, 6.07) is 13.7.